The molecule has 0 saturated carbocycles. The number of benzene rings is 2. The average Bonchev–Trinajstić information content (AvgIpc) is 3.24. The molecule has 1 heterocycles. The molecule has 0 bridgehead atoms. The summed E-state index contributed by atoms with van der Waals surface area (Å²) in [4.78, 5) is 17.1. The zero-order chi connectivity index (χ0) is 22.6. The minimum Gasteiger partial charge on any atom is -0.384 e. The summed E-state index contributed by atoms with van der Waals surface area (Å²) in [6.07, 6.45) is 0. The summed E-state index contributed by atoms with van der Waals surface area (Å²) in [5, 5.41) is 6.79. The van der Waals surface area contributed by atoms with Crippen molar-refractivity contribution in [2.24, 2.45) is 0 Å². The van der Waals surface area contributed by atoms with Gasteiger partial charge in [-0.15, -0.1) is 0 Å². The summed E-state index contributed by atoms with van der Waals surface area (Å²) in [7, 11) is -1.99. The van der Waals surface area contributed by atoms with Gasteiger partial charge in [0, 0.05) is 29.3 Å². The van der Waals surface area contributed by atoms with E-state index in [1.807, 2.05) is 20.8 Å². The van der Waals surface area contributed by atoms with Crippen molar-refractivity contribution in [3.05, 3.63) is 60.0 Å². The third-order valence-electron chi connectivity index (χ3n) is 4.50. The van der Waals surface area contributed by atoms with Gasteiger partial charge in [0.2, 0.25) is 11.7 Å². The minimum absolute atomic E-state index is 0.112. The van der Waals surface area contributed by atoms with Gasteiger partial charge in [-0.25, -0.2) is 8.42 Å². The van der Waals surface area contributed by atoms with Crippen molar-refractivity contribution in [1.29, 1.82) is 0 Å². The Labute approximate surface area is 181 Å². The quantitative estimate of drug-likeness (QED) is 0.592. The Bertz CT molecular complexity index is 1150. The summed E-state index contributed by atoms with van der Waals surface area (Å²) < 4.78 is 34.5. The minimum atomic E-state index is -3.44. The van der Waals surface area contributed by atoms with Gasteiger partial charge in [-0.05, 0) is 48.5 Å². The van der Waals surface area contributed by atoms with Gasteiger partial charge >= 0.3 is 0 Å². The first-order chi connectivity index (χ1) is 14.6. The molecule has 0 aliphatic heterocycles. The monoisotopic (exact) mass is 443 g/mol. The Kier molecular flexibility index (Phi) is 6.56. The van der Waals surface area contributed by atoms with Crippen LogP contribution in [0.3, 0.4) is 0 Å². The lowest BCUT2D eigenvalue weighted by atomic mass is 9.97. The molecule has 0 saturated heterocycles. The van der Waals surface area contributed by atoms with E-state index < -0.39 is 9.84 Å². The number of ether oxygens (including phenoxy) is 1. The molecule has 3 aromatic rings. The summed E-state index contributed by atoms with van der Waals surface area (Å²) in [6.45, 7) is 6.08. The van der Waals surface area contributed by atoms with Gasteiger partial charge in [-0.3, -0.25) is 4.79 Å². The summed E-state index contributed by atoms with van der Waals surface area (Å²) >= 11 is 0. The van der Waals surface area contributed by atoms with Crippen LogP contribution in [-0.2, 0) is 20.0 Å². The highest BCUT2D eigenvalue weighted by Gasteiger charge is 2.22. The number of nitrogens with zero attached hydrogens (tertiary/aromatic N) is 2. The Morgan fingerprint density at radius 3 is 2.26 bits per heavy atom. The van der Waals surface area contributed by atoms with Gasteiger partial charge < -0.3 is 14.6 Å². The molecule has 164 valence electrons. The fourth-order valence-electron chi connectivity index (χ4n) is 2.68. The molecule has 1 N–H and O–H groups in total. The van der Waals surface area contributed by atoms with Crippen LogP contribution in [0, 0.1) is 0 Å². The molecular formula is C22H25N3O5S. The molecule has 1 amide bonds. The van der Waals surface area contributed by atoms with Gasteiger partial charge in [-0.2, -0.15) is 4.98 Å². The highest BCUT2D eigenvalue weighted by molar-refractivity contribution is 7.91. The number of anilines is 1. The Morgan fingerprint density at radius 1 is 1.06 bits per heavy atom. The van der Waals surface area contributed by atoms with Gasteiger partial charge in [0.1, 0.15) is 0 Å². The third-order valence-corrected chi connectivity index (χ3v) is 6.19. The number of methoxy groups -OCH3 is 1. The second kappa shape index (κ2) is 8.99. The van der Waals surface area contributed by atoms with Crippen LogP contribution in [-0.4, -0.2) is 43.9 Å². The van der Waals surface area contributed by atoms with E-state index in [-0.39, 0.29) is 28.6 Å². The number of amides is 1. The number of sulfone groups is 1. The van der Waals surface area contributed by atoms with Gasteiger partial charge in [0.25, 0.3) is 5.91 Å². The Hall–Kier alpha value is -3.04. The van der Waals surface area contributed by atoms with Crippen molar-refractivity contribution in [3.8, 4) is 11.4 Å². The van der Waals surface area contributed by atoms with Crippen LogP contribution in [0.4, 0.5) is 5.69 Å². The molecule has 3 rings (SSSR count). The number of hydrogen-bond donors (Lipinski definition) is 1. The number of rotatable bonds is 7. The van der Waals surface area contributed by atoms with Crippen LogP contribution in [0.1, 0.15) is 37.0 Å². The van der Waals surface area contributed by atoms with Crippen molar-refractivity contribution < 1.29 is 22.5 Å². The molecule has 0 spiro atoms. The van der Waals surface area contributed by atoms with Crippen molar-refractivity contribution in [2.75, 3.05) is 24.8 Å². The first-order valence-electron chi connectivity index (χ1n) is 9.68. The summed E-state index contributed by atoms with van der Waals surface area (Å²) in [5.74, 6) is 0.572. The summed E-state index contributed by atoms with van der Waals surface area (Å²) in [5.41, 5.74) is 1.47. The third kappa shape index (κ3) is 5.56. The average molecular weight is 444 g/mol. The molecule has 0 unspecified atom stereocenters. The van der Waals surface area contributed by atoms with Crippen molar-refractivity contribution in [3.63, 3.8) is 0 Å². The maximum absolute atomic E-state index is 12.5. The predicted molar refractivity (Wildman–Crippen MR) is 117 cm³/mol. The van der Waals surface area contributed by atoms with E-state index in [0.29, 0.717) is 23.0 Å². The van der Waals surface area contributed by atoms with Crippen LogP contribution < -0.4 is 5.32 Å². The fourth-order valence-corrected chi connectivity index (χ4v) is 3.85. The molecule has 0 fully saturated rings. The maximum atomic E-state index is 12.5. The molecule has 31 heavy (non-hydrogen) atoms. The van der Waals surface area contributed by atoms with Crippen LogP contribution in [0.15, 0.2) is 57.9 Å². The zero-order valence-electron chi connectivity index (χ0n) is 17.9. The van der Waals surface area contributed by atoms with Gasteiger partial charge in [-0.1, -0.05) is 25.9 Å². The van der Waals surface area contributed by atoms with E-state index in [1.165, 1.54) is 31.4 Å². The topological polar surface area (TPSA) is 111 Å². The lowest BCUT2D eigenvalue weighted by molar-refractivity contribution is 0.102. The van der Waals surface area contributed by atoms with E-state index in [1.54, 1.807) is 24.3 Å². The Balaban J connectivity index is 1.67. The number of carbonyl (C=O) groups excluding carboxylic acids is 1. The zero-order valence-corrected chi connectivity index (χ0v) is 18.7. The standard InChI is InChI=1S/C22H25N3O5S/c1-22(2,3)21-24-19(25-30-21)15-5-9-17(10-6-15)23-20(26)16-7-11-18(12-8-16)31(27,28)14-13-29-4/h5-12H,13-14H2,1-4H3,(H,23,26). The van der Waals surface area contributed by atoms with E-state index in [4.69, 9.17) is 9.26 Å². The van der Waals surface area contributed by atoms with Crippen LogP contribution >= 0.6 is 0 Å². The highest BCUT2D eigenvalue weighted by Crippen LogP contribution is 2.24. The van der Waals surface area contributed by atoms with E-state index in [2.05, 4.69) is 15.5 Å². The van der Waals surface area contributed by atoms with E-state index in [0.717, 1.165) is 5.56 Å². The van der Waals surface area contributed by atoms with Gasteiger partial charge in [0.15, 0.2) is 9.84 Å². The van der Waals surface area contributed by atoms with Gasteiger partial charge in [0.05, 0.1) is 17.3 Å². The first-order valence-corrected chi connectivity index (χ1v) is 11.3. The summed E-state index contributed by atoms with van der Waals surface area (Å²) in [6, 6.07) is 12.9. The Morgan fingerprint density at radius 2 is 1.71 bits per heavy atom. The molecule has 0 atom stereocenters. The van der Waals surface area contributed by atoms with Crippen molar-refractivity contribution in [1.82, 2.24) is 10.1 Å². The molecule has 0 radical (unpaired) electrons. The smallest absolute Gasteiger partial charge is 0.255 e. The van der Waals surface area contributed by atoms with E-state index >= 15 is 0 Å². The fraction of sp³-hybridized carbons (Fsp3) is 0.318. The molecule has 9 heteroatoms. The van der Waals surface area contributed by atoms with E-state index in [9.17, 15) is 13.2 Å². The lowest BCUT2D eigenvalue weighted by Gasteiger charge is -2.10. The SMILES string of the molecule is COCCS(=O)(=O)c1ccc(C(=O)Nc2ccc(-c3noc(C(C)(C)C)n3)cc2)cc1. The largest absolute Gasteiger partial charge is 0.384 e. The molecule has 2 aromatic carbocycles. The molecule has 0 aliphatic rings. The normalized spacial score (nSPS) is 12.0. The van der Waals surface area contributed by atoms with Crippen molar-refractivity contribution in [2.45, 2.75) is 31.1 Å². The molecule has 8 nitrogen and oxygen atoms in total. The first kappa shape index (κ1) is 22.6. The maximum Gasteiger partial charge on any atom is 0.255 e. The number of hydrogen-bond acceptors (Lipinski definition) is 7. The van der Waals surface area contributed by atoms with Crippen LogP contribution in [0.5, 0.6) is 0 Å². The lowest BCUT2D eigenvalue weighted by Crippen LogP contribution is -2.14. The molecule has 1 aromatic heterocycles. The second-order valence-electron chi connectivity index (χ2n) is 8.04. The number of nitrogens with one attached hydrogen (secondary N) is 1. The number of aromatic nitrogens is 2. The predicted octanol–water partition coefficient (Wildman–Crippen LogP) is 3.71. The van der Waals surface area contributed by atoms with Crippen molar-refractivity contribution >= 4 is 21.4 Å². The van der Waals surface area contributed by atoms with Crippen LogP contribution in [0.25, 0.3) is 11.4 Å². The molecular weight excluding hydrogens is 418 g/mol. The second-order valence-corrected chi connectivity index (χ2v) is 10.1. The van der Waals surface area contributed by atoms with Crippen LogP contribution in [0.2, 0.25) is 0 Å². The highest BCUT2D eigenvalue weighted by atomic mass is 32.2. The molecule has 0 aliphatic carbocycles. The number of carbonyl (C=O) groups is 1.